The number of Topliss-reactive ketones (excluding diaryl/α,β-unsaturated/α-hetero) is 1. The summed E-state index contributed by atoms with van der Waals surface area (Å²) in [6.07, 6.45) is 3.09. The fraction of sp³-hybridized carbons (Fsp3) is 0.409. The molecule has 3 heterocycles. The zero-order valence-corrected chi connectivity index (χ0v) is 16.5. The summed E-state index contributed by atoms with van der Waals surface area (Å²) in [7, 11) is 0. The predicted molar refractivity (Wildman–Crippen MR) is 110 cm³/mol. The smallest absolute Gasteiger partial charge is 0.298 e. The Morgan fingerprint density at radius 3 is 2.79 bits per heavy atom. The number of aryl methyl sites for hydroxylation is 1. The van der Waals surface area contributed by atoms with Crippen LogP contribution in [0.2, 0.25) is 0 Å². The van der Waals surface area contributed by atoms with Crippen LogP contribution in [0.25, 0.3) is 11.1 Å². The molecule has 0 spiro atoms. The zero-order chi connectivity index (χ0) is 20.0. The molecule has 1 aliphatic heterocycles. The number of aromatic amines is 1. The van der Waals surface area contributed by atoms with Gasteiger partial charge < -0.3 is 19.2 Å². The van der Waals surface area contributed by atoms with E-state index in [4.69, 9.17) is 4.42 Å². The van der Waals surface area contributed by atoms with Gasteiger partial charge in [-0.3, -0.25) is 9.59 Å². The molecule has 0 saturated carbocycles. The highest BCUT2D eigenvalue weighted by atomic mass is 16.4. The topological polar surface area (TPSA) is 82.4 Å². The van der Waals surface area contributed by atoms with E-state index in [0.29, 0.717) is 37.8 Å². The molecular formula is C22H24N4O3. The van der Waals surface area contributed by atoms with Gasteiger partial charge in [-0.05, 0) is 43.9 Å². The molecule has 0 unspecified atom stereocenters. The Morgan fingerprint density at radius 2 is 1.97 bits per heavy atom. The molecule has 0 bridgehead atoms. The minimum absolute atomic E-state index is 0.0240. The highest BCUT2D eigenvalue weighted by molar-refractivity contribution is 6.04. The number of aromatic nitrogens is 2. The number of hydrogen-bond acceptors (Lipinski definition) is 5. The standard InChI is InChI=1S/C22H24N4O3/c1-14-19-16(7-4-8-17(19)27)23-20(14)21(28)25-10-5-11-26(13-12-25)22-24-15-6-2-3-9-18(15)29-22/h2-3,6,9,23H,4-5,7-8,10-13H2,1H3. The molecular weight excluding hydrogens is 368 g/mol. The summed E-state index contributed by atoms with van der Waals surface area (Å²) in [5.74, 6) is 0.126. The first-order chi connectivity index (χ1) is 14.1. The van der Waals surface area contributed by atoms with Crippen molar-refractivity contribution in [3.8, 4) is 0 Å². The summed E-state index contributed by atoms with van der Waals surface area (Å²) in [4.78, 5) is 37.3. The Balaban J connectivity index is 1.34. The first kappa shape index (κ1) is 18.0. The third kappa shape index (κ3) is 3.10. The number of anilines is 1. The molecule has 0 atom stereocenters. The average Bonchev–Trinajstić information content (AvgIpc) is 3.20. The Labute approximate surface area is 168 Å². The summed E-state index contributed by atoms with van der Waals surface area (Å²) in [6.45, 7) is 4.60. The van der Waals surface area contributed by atoms with E-state index in [1.165, 1.54) is 0 Å². The van der Waals surface area contributed by atoms with E-state index in [9.17, 15) is 9.59 Å². The number of para-hydroxylation sites is 2. The minimum Gasteiger partial charge on any atom is -0.423 e. The lowest BCUT2D eigenvalue weighted by atomic mass is 9.94. The molecule has 2 aromatic heterocycles. The van der Waals surface area contributed by atoms with Gasteiger partial charge in [0.15, 0.2) is 11.4 Å². The summed E-state index contributed by atoms with van der Waals surface area (Å²) < 4.78 is 5.90. The maximum atomic E-state index is 13.2. The molecule has 1 fully saturated rings. The first-order valence-electron chi connectivity index (χ1n) is 10.3. The van der Waals surface area contributed by atoms with E-state index >= 15 is 0 Å². The number of carbonyl (C=O) groups excluding carboxylic acids is 2. The fourth-order valence-corrected chi connectivity index (χ4v) is 4.45. The molecule has 3 aromatic rings. The van der Waals surface area contributed by atoms with Gasteiger partial charge in [-0.25, -0.2) is 0 Å². The molecule has 0 radical (unpaired) electrons. The first-order valence-corrected chi connectivity index (χ1v) is 10.3. The van der Waals surface area contributed by atoms with Crippen LogP contribution in [0.3, 0.4) is 0 Å². The summed E-state index contributed by atoms with van der Waals surface area (Å²) in [5.41, 5.74) is 4.65. The van der Waals surface area contributed by atoms with Gasteiger partial charge in [0.25, 0.3) is 11.9 Å². The van der Waals surface area contributed by atoms with Crippen LogP contribution < -0.4 is 4.90 Å². The van der Waals surface area contributed by atoms with Crippen LogP contribution in [0.5, 0.6) is 0 Å². The van der Waals surface area contributed by atoms with E-state index in [-0.39, 0.29) is 11.7 Å². The SMILES string of the molecule is Cc1c(C(=O)N2CCCN(c3nc4ccccc4o3)CC2)[nH]c2c1C(=O)CCC2. The van der Waals surface area contributed by atoms with Crippen molar-refractivity contribution >= 4 is 28.8 Å². The number of H-pyrrole nitrogens is 1. The molecule has 7 heteroatoms. The summed E-state index contributed by atoms with van der Waals surface area (Å²) in [6, 6.07) is 8.34. The van der Waals surface area contributed by atoms with Crippen LogP contribution in [-0.4, -0.2) is 52.7 Å². The molecule has 7 nitrogen and oxygen atoms in total. The van der Waals surface area contributed by atoms with Crippen molar-refractivity contribution in [1.29, 1.82) is 0 Å². The van der Waals surface area contributed by atoms with Crippen molar-refractivity contribution in [3.63, 3.8) is 0 Å². The molecule has 1 amide bonds. The van der Waals surface area contributed by atoms with Gasteiger partial charge in [-0.15, -0.1) is 0 Å². The summed E-state index contributed by atoms with van der Waals surface area (Å²) in [5, 5.41) is 0. The van der Waals surface area contributed by atoms with Crippen molar-refractivity contribution < 1.29 is 14.0 Å². The Hall–Kier alpha value is -3.09. The fourth-order valence-electron chi connectivity index (χ4n) is 4.45. The van der Waals surface area contributed by atoms with Crippen LogP contribution in [0.4, 0.5) is 6.01 Å². The number of hydrogen-bond donors (Lipinski definition) is 1. The van der Waals surface area contributed by atoms with Gasteiger partial charge in [0.2, 0.25) is 0 Å². The maximum absolute atomic E-state index is 13.2. The lowest BCUT2D eigenvalue weighted by Crippen LogP contribution is -2.35. The lowest BCUT2D eigenvalue weighted by Gasteiger charge is -2.21. The third-order valence-electron chi connectivity index (χ3n) is 5.99. The van der Waals surface area contributed by atoms with Gasteiger partial charge in [-0.1, -0.05) is 12.1 Å². The van der Waals surface area contributed by atoms with Crippen LogP contribution >= 0.6 is 0 Å². The Kier molecular flexibility index (Phi) is 4.38. The maximum Gasteiger partial charge on any atom is 0.298 e. The molecule has 1 aromatic carbocycles. The minimum atomic E-state index is -0.0240. The number of carbonyl (C=O) groups is 2. The van der Waals surface area contributed by atoms with E-state index < -0.39 is 0 Å². The monoisotopic (exact) mass is 392 g/mol. The van der Waals surface area contributed by atoms with Gasteiger partial charge >= 0.3 is 0 Å². The molecule has 5 rings (SSSR count). The van der Waals surface area contributed by atoms with Crippen molar-refractivity contribution in [2.24, 2.45) is 0 Å². The van der Waals surface area contributed by atoms with Gasteiger partial charge in [0, 0.05) is 43.9 Å². The number of nitrogens with one attached hydrogen (secondary N) is 1. The van der Waals surface area contributed by atoms with Gasteiger partial charge in [0.05, 0.1) is 0 Å². The van der Waals surface area contributed by atoms with Crippen LogP contribution in [0.1, 0.15) is 51.4 Å². The van der Waals surface area contributed by atoms with E-state index in [1.54, 1.807) is 0 Å². The molecule has 1 aliphatic carbocycles. The Bertz CT molecular complexity index is 1060. The highest BCUT2D eigenvalue weighted by Crippen LogP contribution is 2.28. The largest absolute Gasteiger partial charge is 0.423 e. The van der Waals surface area contributed by atoms with Crippen molar-refractivity contribution in [2.75, 3.05) is 31.1 Å². The molecule has 29 heavy (non-hydrogen) atoms. The number of nitrogens with zero attached hydrogens (tertiary/aromatic N) is 3. The van der Waals surface area contributed by atoms with Crippen LogP contribution in [0, 0.1) is 6.92 Å². The van der Waals surface area contributed by atoms with Crippen molar-refractivity contribution in [3.05, 3.63) is 46.8 Å². The quantitative estimate of drug-likeness (QED) is 0.723. The second-order valence-electron chi connectivity index (χ2n) is 7.85. The van der Waals surface area contributed by atoms with Crippen LogP contribution in [0.15, 0.2) is 28.7 Å². The lowest BCUT2D eigenvalue weighted by molar-refractivity contribution is 0.0760. The van der Waals surface area contributed by atoms with Crippen molar-refractivity contribution in [2.45, 2.75) is 32.6 Å². The van der Waals surface area contributed by atoms with Gasteiger partial charge in [0.1, 0.15) is 11.2 Å². The number of fused-ring (bicyclic) bond motifs is 2. The van der Waals surface area contributed by atoms with E-state index in [1.807, 2.05) is 36.1 Å². The number of rotatable bonds is 2. The molecule has 2 aliphatic rings. The van der Waals surface area contributed by atoms with Crippen molar-refractivity contribution in [1.82, 2.24) is 14.9 Å². The molecule has 1 N–H and O–H groups in total. The number of amides is 1. The second-order valence-corrected chi connectivity index (χ2v) is 7.85. The normalized spacial score (nSPS) is 17.5. The Morgan fingerprint density at radius 1 is 1.10 bits per heavy atom. The predicted octanol–water partition coefficient (Wildman–Crippen LogP) is 3.34. The molecule has 150 valence electrons. The number of benzene rings is 1. The summed E-state index contributed by atoms with van der Waals surface area (Å²) >= 11 is 0. The number of ketones is 1. The van der Waals surface area contributed by atoms with Gasteiger partial charge in [-0.2, -0.15) is 4.98 Å². The van der Waals surface area contributed by atoms with E-state index in [2.05, 4.69) is 14.9 Å². The average molecular weight is 392 g/mol. The number of oxazole rings is 1. The molecule has 1 saturated heterocycles. The third-order valence-corrected chi connectivity index (χ3v) is 5.99. The highest BCUT2D eigenvalue weighted by Gasteiger charge is 2.29. The second kappa shape index (κ2) is 7.06. The van der Waals surface area contributed by atoms with Crippen LogP contribution in [-0.2, 0) is 6.42 Å². The van der Waals surface area contributed by atoms with E-state index in [0.717, 1.165) is 53.7 Å². The zero-order valence-electron chi connectivity index (χ0n) is 16.5.